The van der Waals surface area contributed by atoms with Crippen LogP contribution < -0.4 is 15.1 Å². The smallest absolute Gasteiger partial charge is 0.244 e. The van der Waals surface area contributed by atoms with Crippen molar-refractivity contribution in [2.75, 3.05) is 37.0 Å². The standard InChI is InChI=1S/C17H22N6O2/c1-22(2)16-19-14(20-17(21-16)23-9-3-4-10-23)12-18-15(24)8-7-13-6-5-11-25-13/h5-8,11H,3-4,9-10,12H2,1-2H3,(H,18,24). The molecular weight excluding hydrogens is 320 g/mol. The molecule has 0 atom stereocenters. The number of furan rings is 1. The Hall–Kier alpha value is -2.90. The highest BCUT2D eigenvalue weighted by Gasteiger charge is 2.18. The fourth-order valence-electron chi connectivity index (χ4n) is 2.50. The van der Waals surface area contributed by atoms with Gasteiger partial charge in [-0.3, -0.25) is 4.79 Å². The van der Waals surface area contributed by atoms with Crippen LogP contribution in [0.2, 0.25) is 0 Å². The molecule has 0 bridgehead atoms. The maximum absolute atomic E-state index is 11.9. The van der Waals surface area contributed by atoms with Crippen molar-refractivity contribution in [1.29, 1.82) is 0 Å². The van der Waals surface area contributed by atoms with Crippen molar-refractivity contribution < 1.29 is 9.21 Å². The minimum absolute atomic E-state index is 0.231. The zero-order chi connectivity index (χ0) is 17.6. The van der Waals surface area contributed by atoms with E-state index in [1.54, 1.807) is 24.5 Å². The predicted molar refractivity (Wildman–Crippen MR) is 95.2 cm³/mol. The zero-order valence-electron chi connectivity index (χ0n) is 14.5. The predicted octanol–water partition coefficient (Wildman–Crippen LogP) is 1.46. The Morgan fingerprint density at radius 2 is 2.12 bits per heavy atom. The van der Waals surface area contributed by atoms with Gasteiger partial charge in [0.2, 0.25) is 17.8 Å². The van der Waals surface area contributed by atoms with E-state index in [0.717, 1.165) is 25.9 Å². The van der Waals surface area contributed by atoms with Gasteiger partial charge in [-0.15, -0.1) is 0 Å². The summed E-state index contributed by atoms with van der Waals surface area (Å²) in [5.41, 5.74) is 0. The van der Waals surface area contributed by atoms with Gasteiger partial charge >= 0.3 is 0 Å². The highest BCUT2D eigenvalue weighted by Crippen LogP contribution is 2.17. The van der Waals surface area contributed by atoms with E-state index in [-0.39, 0.29) is 12.5 Å². The minimum atomic E-state index is -0.231. The topological polar surface area (TPSA) is 87.4 Å². The number of nitrogens with zero attached hydrogens (tertiary/aromatic N) is 5. The number of hydrogen-bond acceptors (Lipinski definition) is 7. The van der Waals surface area contributed by atoms with E-state index in [1.165, 1.54) is 6.08 Å². The summed E-state index contributed by atoms with van der Waals surface area (Å²) in [6.45, 7) is 2.15. The van der Waals surface area contributed by atoms with Crippen molar-refractivity contribution in [3.05, 3.63) is 36.1 Å². The van der Waals surface area contributed by atoms with Crippen molar-refractivity contribution in [2.45, 2.75) is 19.4 Å². The van der Waals surface area contributed by atoms with Crippen molar-refractivity contribution in [2.24, 2.45) is 0 Å². The van der Waals surface area contributed by atoms with Crippen molar-refractivity contribution in [3.8, 4) is 0 Å². The van der Waals surface area contributed by atoms with Crippen LogP contribution in [0.15, 0.2) is 28.9 Å². The second kappa shape index (κ2) is 7.78. The summed E-state index contributed by atoms with van der Waals surface area (Å²) < 4.78 is 5.15. The molecule has 0 spiro atoms. The van der Waals surface area contributed by atoms with Crippen LogP contribution in [0.4, 0.5) is 11.9 Å². The molecule has 0 radical (unpaired) electrons. The van der Waals surface area contributed by atoms with Gasteiger partial charge in [0.25, 0.3) is 0 Å². The van der Waals surface area contributed by atoms with Gasteiger partial charge in [0.15, 0.2) is 5.82 Å². The Labute approximate surface area is 146 Å². The van der Waals surface area contributed by atoms with E-state index in [2.05, 4.69) is 25.2 Å². The monoisotopic (exact) mass is 342 g/mol. The first-order chi connectivity index (χ1) is 12.1. The largest absolute Gasteiger partial charge is 0.465 e. The number of rotatable bonds is 6. The second-order valence-corrected chi connectivity index (χ2v) is 6.01. The van der Waals surface area contributed by atoms with Crippen LogP contribution in [0.1, 0.15) is 24.4 Å². The summed E-state index contributed by atoms with van der Waals surface area (Å²) >= 11 is 0. The quantitative estimate of drug-likeness (QED) is 0.795. The molecule has 2 aromatic rings. The molecule has 1 fully saturated rings. The third-order valence-corrected chi connectivity index (χ3v) is 3.81. The average molecular weight is 342 g/mol. The molecule has 0 aliphatic carbocycles. The Morgan fingerprint density at radius 1 is 1.32 bits per heavy atom. The van der Waals surface area contributed by atoms with Crippen LogP contribution in [-0.4, -0.2) is 48.0 Å². The number of aromatic nitrogens is 3. The molecule has 1 amide bonds. The molecule has 0 saturated carbocycles. The second-order valence-electron chi connectivity index (χ2n) is 6.01. The van der Waals surface area contributed by atoms with Gasteiger partial charge < -0.3 is 19.5 Å². The Balaban J connectivity index is 1.67. The number of anilines is 2. The van der Waals surface area contributed by atoms with E-state index in [9.17, 15) is 4.79 Å². The molecule has 3 rings (SSSR count). The lowest BCUT2D eigenvalue weighted by Gasteiger charge is -2.18. The SMILES string of the molecule is CN(C)c1nc(CNC(=O)C=Cc2ccco2)nc(N2CCCC2)n1. The third kappa shape index (κ3) is 4.56. The summed E-state index contributed by atoms with van der Waals surface area (Å²) in [6.07, 6.45) is 6.89. The molecule has 8 nitrogen and oxygen atoms in total. The fraction of sp³-hybridized carbons (Fsp3) is 0.412. The first-order valence-electron chi connectivity index (χ1n) is 8.28. The molecule has 1 aliphatic rings. The van der Waals surface area contributed by atoms with Gasteiger partial charge in [0, 0.05) is 33.3 Å². The summed E-state index contributed by atoms with van der Waals surface area (Å²) in [7, 11) is 3.77. The van der Waals surface area contributed by atoms with Gasteiger partial charge in [-0.05, 0) is 31.1 Å². The molecule has 3 heterocycles. The highest BCUT2D eigenvalue weighted by molar-refractivity contribution is 5.91. The van der Waals surface area contributed by atoms with Crippen LogP contribution in [0.25, 0.3) is 6.08 Å². The van der Waals surface area contributed by atoms with Crippen LogP contribution in [0.3, 0.4) is 0 Å². The molecule has 0 unspecified atom stereocenters. The Bertz CT molecular complexity index is 736. The van der Waals surface area contributed by atoms with Crippen LogP contribution in [0.5, 0.6) is 0 Å². The average Bonchev–Trinajstić information content (AvgIpc) is 3.31. The summed E-state index contributed by atoms with van der Waals surface area (Å²) in [4.78, 5) is 29.3. The van der Waals surface area contributed by atoms with E-state index >= 15 is 0 Å². The number of amides is 1. The number of nitrogens with one attached hydrogen (secondary N) is 1. The maximum Gasteiger partial charge on any atom is 0.244 e. The molecule has 1 N–H and O–H groups in total. The fourth-order valence-corrected chi connectivity index (χ4v) is 2.50. The van der Waals surface area contributed by atoms with Crippen molar-refractivity contribution >= 4 is 23.9 Å². The van der Waals surface area contributed by atoms with Gasteiger partial charge in [0.1, 0.15) is 5.76 Å². The maximum atomic E-state index is 11.9. The Morgan fingerprint density at radius 3 is 2.80 bits per heavy atom. The molecule has 1 saturated heterocycles. The normalized spacial score (nSPS) is 14.2. The van der Waals surface area contributed by atoms with Crippen LogP contribution >= 0.6 is 0 Å². The summed E-state index contributed by atoms with van der Waals surface area (Å²) in [5, 5.41) is 2.79. The summed E-state index contributed by atoms with van der Waals surface area (Å²) in [6, 6.07) is 3.55. The number of carbonyl (C=O) groups is 1. The van der Waals surface area contributed by atoms with Crippen molar-refractivity contribution in [3.63, 3.8) is 0 Å². The first-order valence-corrected chi connectivity index (χ1v) is 8.28. The lowest BCUT2D eigenvalue weighted by molar-refractivity contribution is -0.116. The molecule has 1 aliphatic heterocycles. The van der Waals surface area contributed by atoms with Crippen molar-refractivity contribution in [1.82, 2.24) is 20.3 Å². The number of hydrogen-bond donors (Lipinski definition) is 1. The van der Waals surface area contributed by atoms with E-state index in [1.807, 2.05) is 19.0 Å². The molecule has 132 valence electrons. The lowest BCUT2D eigenvalue weighted by Crippen LogP contribution is -2.26. The van der Waals surface area contributed by atoms with E-state index < -0.39 is 0 Å². The first kappa shape index (κ1) is 16.9. The Kier molecular flexibility index (Phi) is 5.27. The lowest BCUT2D eigenvalue weighted by atomic mass is 10.4. The summed E-state index contributed by atoms with van der Waals surface area (Å²) in [5.74, 6) is 2.20. The third-order valence-electron chi connectivity index (χ3n) is 3.81. The molecule has 25 heavy (non-hydrogen) atoms. The van der Waals surface area contributed by atoms with Crippen LogP contribution in [-0.2, 0) is 11.3 Å². The molecule has 0 aromatic carbocycles. The van der Waals surface area contributed by atoms with E-state index in [0.29, 0.717) is 23.5 Å². The van der Waals surface area contributed by atoms with Crippen LogP contribution in [0, 0.1) is 0 Å². The molecule has 2 aromatic heterocycles. The zero-order valence-corrected chi connectivity index (χ0v) is 14.5. The molecule has 8 heteroatoms. The highest BCUT2D eigenvalue weighted by atomic mass is 16.3. The van der Waals surface area contributed by atoms with Gasteiger partial charge in [0.05, 0.1) is 12.8 Å². The van der Waals surface area contributed by atoms with Gasteiger partial charge in [-0.25, -0.2) is 0 Å². The minimum Gasteiger partial charge on any atom is -0.465 e. The van der Waals surface area contributed by atoms with Gasteiger partial charge in [-0.2, -0.15) is 15.0 Å². The molecular formula is C17H22N6O2. The number of carbonyl (C=O) groups excluding carboxylic acids is 1. The van der Waals surface area contributed by atoms with E-state index in [4.69, 9.17) is 4.42 Å². The van der Waals surface area contributed by atoms with Gasteiger partial charge in [-0.1, -0.05) is 0 Å².